The molecule has 2 aromatic rings. The number of aromatic nitrogens is 2. The molecule has 0 atom stereocenters. The minimum Gasteiger partial charge on any atom is -0.444 e. The van der Waals surface area contributed by atoms with Gasteiger partial charge in [0, 0.05) is 18.5 Å². The van der Waals surface area contributed by atoms with E-state index in [0.717, 1.165) is 10.6 Å². The highest BCUT2D eigenvalue weighted by molar-refractivity contribution is 5.70. The average Bonchev–Trinajstić information content (AvgIpc) is 3.05. The maximum atomic E-state index is 11.7. The fraction of sp³-hybridized carbons (Fsp3) is 0.231. The number of benzene rings is 1. The number of aliphatic hydroxyl groups is 2. The van der Waals surface area contributed by atoms with Crippen LogP contribution in [0, 0.1) is 10.1 Å². The highest BCUT2D eigenvalue weighted by Gasteiger charge is 2.19. The van der Waals surface area contributed by atoms with E-state index in [0.29, 0.717) is 5.56 Å². The number of rotatable bonds is 5. The van der Waals surface area contributed by atoms with Gasteiger partial charge in [0.1, 0.15) is 12.9 Å². The number of nitro benzene ring substituents is 1. The van der Waals surface area contributed by atoms with Gasteiger partial charge in [-0.3, -0.25) is 10.1 Å². The van der Waals surface area contributed by atoms with Gasteiger partial charge in [0.15, 0.2) is 0 Å². The second-order valence-corrected chi connectivity index (χ2v) is 4.35. The van der Waals surface area contributed by atoms with Gasteiger partial charge in [-0.2, -0.15) is 0 Å². The molecule has 0 radical (unpaired) electrons. The Kier molecular flexibility index (Phi) is 4.81. The van der Waals surface area contributed by atoms with Crippen LogP contribution in [-0.2, 0) is 24.6 Å². The number of nitrogens with zero attached hydrogens (tertiary/aromatic N) is 3. The number of ether oxygens (including phenoxy) is 1. The molecule has 0 bridgehead atoms. The van der Waals surface area contributed by atoms with E-state index < -0.39 is 24.2 Å². The zero-order valence-corrected chi connectivity index (χ0v) is 11.4. The first-order chi connectivity index (χ1) is 10.6. The van der Waals surface area contributed by atoms with Crippen molar-refractivity contribution in [3.05, 3.63) is 57.7 Å². The zero-order valence-electron chi connectivity index (χ0n) is 11.4. The van der Waals surface area contributed by atoms with Crippen LogP contribution in [-0.4, -0.2) is 30.8 Å². The van der Waals surface area contributed by atoms with Crippen molar-refractivity contribution in [2.24, 2.45) is 0 Å². The average molecular weight is 307 g/mol. The molecule has 0 aliphatic carbocycles. The lowest BCUT2D eigenvalue weighted by molar-refractivity contribution is -0.385. The molecule has 0 fully saturated rings. The van der Waals surface area contributed by atoms with E-state index in [1.165, 1.54) is 24.8 Å². The lowest BCUT2D eigenvalue weighted by Gasteiger charge is -2.10. The quantitative estimate of drug-likeness (QED) is 0.622. The fourth-order valence-corrected chi connectivity index (χ4v) is 1.89. The van der Waals surface area contributed by atoms with Crippen molar-refractivity contribution < 1.29 is 24.7 Å². The van der Waals surface area contributed by atoms with Gasteiger partial charge in [-0.25, -0.2) is 14.3 Å². The van der Waals surface area contributed by atoms with Crippen molar-refractivity contribution in [2.75, 3.05) is 0 Å². The lowest BCUT2D eigenvalue weighted by Crippen LogP contribution is -2.12. The lowest BCUT2D eigenvalue weighted by atomic mass is 10.0. The van der Waals surface area contributed by atoms with Crippen molar-refractivity contribution in [3.63, 3.8) is 0 Å². The number of nitro groups is 1. The first kappa shape index (κ1) is 15.6. The number of carbonyl (C=O) groups excluding carboxylic acids is 1. The second kappa shape index (κ2) is 6.78. The summed E-state index contributed by atoms with van der Waals surface area (Å²) >= 11 is 0. The molecule has 0 amide bonds. The first-order valence-electron chi connectivity index (χ1n) is 6.22. The highest BCUT2D eigenvalue weighted by atomic mass is 16.6. The Labute approximate surface area is 124 Å². The molecule has 9 heteroatoms. The van der Waals surface area contributed by atoms with Gasteiger partial charge in [0.2, 0.25) is 0 Å². The maximum absolute atomic E-state index is 11.7. The number of imidazole rings is 1. The molecule has 0 aliphatic heterocycles. The molecule has 1 aromatic heterocycles. The van der Waals surface area contributed by atoms with E-state index in [-0.39, 0.29) is 23.4 Å². The third kappa shape index (κ3) is 3.27. The molecule has 9 nitrogen and oxygen atoms in total. The predicted molar refractivity (Wildman–Crippen MR) is 72.8 cm³/mol. The van der Waals surface area contributed by atoms with Gasteiger partial charge in [-0.1, -0.05) is 0 Å². The predicted octanol–water partition coefficient (Wildman–Crippen LogP) is 0.961. The van der Waals surface area contributed by atoms with E-state index in [4.69, 9.17) is 9.84 Å². The summed E-state index contributed by atoms with van der Waals surface area (Å²) < 4.78 is 6.06. The van der Waals surface area contributed by atoms with E-state index in [2.05, 4.69) is 4.98 Å². The van der Waals surface area contributed by atoms with E-state index >= 15 is 0 Å². The number of hydrogen-bond acceptors (Lipinski definition) is 7. The molecule has 116 valence electrons. The molecule has 0 saturated heterocycles. The van der Waals surface area contributed by atoms with Gasteiger partial charge < -0.3 is 14.9 Å². The van der Waals surface area contributed by atoms with Crippen LogP contribution in [0.1, 0.15) is 16.7 Å². The van der Waals surface area contributed by atoms with Crippen LogP contribution in [0.4, 0.5) is 10.5 Å². The van der Waals surface area contributed by atoms with Gasteiger partial charge in [0.05, 0.1) is 23.7 Å². The van der Waals surface area contributed by atoms with Crippen molar-refractivity contribution in [3.8, 4) is 0 Å². The summed E-state index contributed by atoms with van der Waals surface area (Å²) in [5, 5.41) is 29.5. The molecular weight excluding hydrogens is 294 g/mol. The van der Waals surface area contributed by atoms with Crippen LogP contribution in [0.25, 0.3) is 0 Å². The van der Waals surface area contributed by atoms with Crippen molar-refractivity contribution in [1.82, 2.24) is 9.55 Å². The number of hydrogen-bond donors (Lipinski definition) is 2. The summed E-state index contributed by atoms with van der Waals surface area (Å²) in [7, 11) is 0. The Hall–Kier alpha value is -2.78. The molecule has 0 aliphatic rings. The minimum absolute atomic E-state index is 0.125. The highest BCUT2D eigenvalue weighted by Crippen LogP contribution is 2.25. The van der Waals surface area contributed by atoms with Crippen LogP contribution in [0.3, 0.4) is 0 Å². The van der Waals surface area contributed by atoms with Crippen LogP contribution in [0.5, 0.6) is 0 Å². The summed E-state index contributed by atoms with van der Waals surface area (Å²) in [6.45, 7) is -1.17. The van der Waals surface area contributed by atoms with Gasteiger partial charge in [0.25, 0.3) is 5.69 Å². The standard InChI is InChI=1S/C13H13N3O6/c17-5-9-3-11(12(16(20)21)4-10(9)6-18)7-22-13(19)15-2-1-14-8-15/h1-4,8,17-18H,5-7H2. The normalized spacial score (nSPS) is 10.5. The van der Waals surface area contributed by atoms with Crippen LogP contribution in [0.15, 0.2) is 30.9 Å². The van der Waals surface area contributed by atoms with E-state index in [1.807, 2.05) is 0 Å². The molecule has 0 spiro atoms. The van der Waals surface area contributed by atoms with Crippen molar-refractivity contribution in [2.45, 2.75) is 19.8 Å². The Bertz CT molecular complexity index is 683. The third-order valence-electron chi connectivity index (χ3n) is 3.00. The van der Waals surface area contributed by atoms with Crippen LogP contribution in [0.2, 0.25) is 0 Å². The molecule has 0 unspecified atom stereocenters. The monoisotopic (exact) mass is 307 g/mol. The topological polar surface area (TPSA) is 128 Å². The Morgan fingerprint density at radius 2 is 1.95 bits per heavy atom. The molecule has 2 rings (SSSR count). The van der Waals surface area contributed by atoms with Gasteiger partial charge in [-0.15, -0.1) is 0 Å². The molecule has 2 N–H and O–H groups in total. The molecule has 1 heterocycles. The summed E-state index contributed by atoms with van der Waals surface area (Å²) in [4.78, 5) is 25.8. The summed E-state index contributed by atoms with van der Waals surface area (Å²) in [6.07, 6.45) is 3.28. The molecule has 22 heavy (non-hydrogen) atoms. The van der Waals surface area contributed by atoms with Crippen molar-refractivity contribution in [1.29, 1.82) is 0 Å². The van der Waals surface area contributed by atoms with Crippen LogP contribution >= 0.6 is 0 Å². The largest absolute Gasteiger partial charge is 0.444 e. The Morgan fingerprint density at radius 1 is 1.27 bits per heavy atom. The second-order valence-electron chi connectivity index (χ2n) is 4.35. The first-order valence-corrected chi connectivity index (χ1v) is 6.22. The Morgan fingerprint density at radius 3 is 2.50 bits per heavy atom. The summed E-state index contributed by atoms with van der Waals surface area (Å²) in [5.41, 5.74) is 0.417. The number of aliphatic hydroxyl groups excluding tert-OH is 2. The third-order valence-corrected chi connectivity index (χ3v) is 3.00. The van der Waals surface area contributed by atoms with Gasteiger partial charge in [-0.05, 0) is 17.2 Å². The zero-order chi connectivity index (χ0) is 16.1. The maximum Gasteiger partial charge on any atom is 0.419 e. The van der Waals surface area contributed by atoms with E-state index in [9.17, 15) is 20.0 Å². The minimum atomic E-state index is -0.733. The number of carbonyl (C=O) groups is 1. The molecular formula is C13H13N3O6. The fourth-order valence-electron chi connectivity index (χ4n) is 1.89. The molecule has 1 aromatic carbocycles. The SMILES string of the molecule is O=C(OCc1cc(CO)c(CO)cc1[N+](=O)[O-])n1ccnc1. The summed E-state index contributed by atoms with van der Waals surface area (Å²) in [5.74, 6) is 0. The van der Waals surface area contributed by atoms with Gasteiger partial charge >= 0.3 is 6.09 Å². The molecule has 0 saturated carbocycles. The Balaban J connectivity index is 2.25. The summed E-state index contributed by atoms with van der Waals surface area (Å²) in [6, 6.07) is 2.50. The van der Waals surface area contributed by atoms with Crippen molar-refractivity contribution >= 4 is 11.8 Å². The van der Waals surface area contributed by atoms with Crippen LogP contribution < -0.4 is 0 Å². The smallest absolute Gasteiger partial charge is 0.419 e. The van der Waals surface area contributed by atoms with E-state index in [1.54, 1.807) is 0 Å².